The van der Waals surface area contributed by atoms with Gasteiger partial charge in [-0.2, -0.15) is 0 Å². The van der Waals surface area contributed by atoms with E-state index < -0.39 is 6.10 Å². The molecule has 3 aromatic rings. The zero-order valence-corrected chi connectivity index (χ0v) is 21.5. The molecule has 9 heteroatoms. The van der Waals surface area contributed by atoms with E-state index in [-0.39, 0.29) is 11.7 Å². The first kappa shape index (κ1) is 25.4. The van der Waals surface area contributed by atoms with Gasteiger partial charge < -0.3 is 14.6 Å². The molecule has 2 aromatic carbocycles. The molecule has 0 saturated heterocycles. The third-order valence-corrected chi connectivity index (χ3v) is 6.73. The van der Waals surface area contributed by atoms with Crippen LogP contribution >= 0.6 is 35.0 Å². The Morgan fingerprint density at radius 1 is 1.12 bits per heavy atom. The number of amides is 1. The number of benzene rings is 2. The van der Waals surface area contributed by atoms with Crippen LogP contribution in [0.15, 0.2) is 41.6 Å². The molecule has 0 bridgehead atoms. The van der Waals surface area contributed by atoms with Crippen LogP contribution in [0.1, 0.15) is 50.8 Å². The first-order valence-corrected chi connectivity index (χ1v) is 12.7. The van der Waals surface area contributed by atoms with Gasteiger partial charge in [-0.05, 0) is 49.9 Å². The molecular weight excluding hydrogens is 479 g/mol. The number of carbonyl (C=O) groups is 1. The minimum absolute atomic E-state index is 0.0715. The minimum Gasteiger partial charge on any atom is -0.481 e. The summed E-state index contributed by atoms with van der Waals surface area (Å²) >= 11 is 13.6. The van der Waals surface area contributed by atoms with Crippen molar-refractivity contribution >= 4 is 46.6 Å². The molecule has 0 spiro atoms. The minimum atomic E-state index is -0.403. The monoisotopic (exact) mass is 506 g/mol. The first-order valence-electron chi connectivity index (χ1n) is 11.0. The number of aryl methyl sites for hydroxylation is 2. The van der Waals surface area contributed by atoms with Gasteiger partial charge in [-0.25, -0.2) is 0 Å². The standard InChI is InChI=1S/C24H28Cl2N4O2S/c1-5-16-9-8-10-17(6-2)22(16)27-21(31)14-33-24-29-28-23(30(24)7-3)15(4)32-20-13-18(25)11-12-19(20)26/h8-13,15H,5-7,14H2,1-4H3,(H,27,31). The van der Waals surface area contributed by atoms with E-state index in [1.54, 1.807) is 18.2 Å². The quantitative estimate of drug-likeness (QED) is 0.313. The Morgan fingerprint density at radius 2 is 1.82 bits per heavy atom. The Bertz CT molecular complexity index is 1100. The van der Waals surface area contributed by atoms with Crippen molar-refractivity contribution in [3.63, 3.8) is 0 Å². The van der Waals surface area contributed by atoms with Crippen LogP contribution in [0.3, 0.4) is 0 Å². The molecule has 1 amide bonds. The number of thioether (sulfide) groups is 1. The predicted octanol–water partition coefficient (Wildman–Crippen LogP) is 6.60. The van der Waals surface area contributed by atoms with Crippen molar-refractivity contribution in [2.75, 3.05) is 11.1 Å². The van der Waals surface area contributed by atoms with Gasteiger partial charge in [0.1, 0.15) is 5.75 Å². The van der Waals surface area contributed by atoms with E-state index in [2.05, 4.69) is 41.5 Å². The van der Waals surface area contributed by atoms with Crippen LogP contribution in [-0.2, 0) is 24.2 Å². The van der Waals surface area contributed by atoms with Crippen molar-refractivity contribution in [1.82, 2.24) is 14.8 Å². The van der Waals surface area contributed by atoms with Crippen LogP contribution in [-0.4, -0.2) is 26.4 Å². The maximum absolute atomic E-state index is 12.7. The van der Waals surface area contributed by atoms with E-state index >= 15 is 0 Å². The average Bonchev–Trinajstić information content (AvgIpc) is 3.23. The van der Waals surface area contributed by atoms with Crippen LogP contribution in [0.4, 0.5) is 5.69 Å². The fourth-order valence-corrected chi connectivity index (χ4v) is 4.66. The smallest absolute Gasteiger partial charge is 0.234 e. The molecule has 1 atom stereocenters. The van der Waals surface area contributed by atoms with Gasteiger partial charge in [-0.15, -0.1) is 10.2 Å². The van der Waals surface area contributed by atoms with Gasteiger partial charge in [0.05, 0.1) is 10.8 Å². The van der Waals surface area contributed by atoms with Gasteiger partial charge in [0, 0.05) is 23.3 Å². The second-order valence-corrected chi connectivity index (χ2v) is 9.20. The highest BCUT2D eigenvalue weighted by molar-refractivity contribution is 7.99. The van der Waals surface area contributed by atoms with E-state index in [1.165, 1.54) is 11.8 Å². The van der Waals surface area contributed by atoms with Crippen LogP contribution < -0.4 is 10.1 Å². The van der Waals surface area contributed by atoms with Crippen molar-refractivity contribution in [1.29, 1.82) is 0 Å². The van der Waals surface area contributed by atoms with Gasteiger partial charge in [-0.1, -0.05) is 67.0 Å². The molecule has 3 rings (SSSR count). The van der Waals surface area contributed by atoms with Crippen LogP contribution in [0.5, 0.6) is 5.75 Å². The molecule has 176 valence electrons. The average molecular weight is 507 g/mol. The lowest BCUT2D eigenvalue weighted by molar-refractivity contribution is -0.113. The van der Waals surface area contributed by atoms with Gasteiger partial charge in [0.15, 0.2) is 17.1 Å². The molecule has 33 heavy (non-hydrogen) atoms. The Kier molecular flexibility index (Phi) is 9.06. The summed E-state index contributed by atoms with van der Waals surface area (Å²) in [7, 11) is 0. The molecule has 0 aliphatic rings. The second-order valence-electron chi connectivity index (χ2n) is 7.42. The summed E-state index contributed by atoms with van der Waals surface area (Å²) in [5, 5.41) is 13.4. The molecule has 1 heterocycles. The van der Waals surface area contributed by atoms with Crippen molar-refractivity contribution in [2.24, 2.45) is 0 Å². The highest BCUT2D eigenvalue weighted by Gasteiger charge is 2.21. The lowest BCUT2D eigenvalue weighted by atomic mass is 10.0. The fourth-order valence-electron chi connectivity index (χ4n) is 3.52. The molecule has 0 fully saturated rings. The summed E-state index contributed by atoms with van der Waals surface area (Å²) in [5.74, 6) is 1.30. The number of hydrogen-bond acceptors (Lipinski definition) is 5. The zero-order valence-electron chi connectivity index (χ0n) is 19.2. The SMILES string of the molecule is CCc1cccc(CC)c1NC(=O)CSc1nnc(C(C)Oc2cc(Cl)ccc2Cl)n1CC. The fraction of sp³-hybridized carbons (Fsp3) is 0.375. The van der Waals surface area contributed by atoms with E-state index in [1.807, 2.05) is 24.5 Å². The molecule has 0 aliphatic heterocycles. The molecule has 0 saturated carbocycles. The highest BCUT2D eigenvalue weighted by Crippen LogP contribution is 2.32. The molecule has 0 aliphatic carbocycles. The molecule has 6 nitrogen and oxygen atoms in total. The Labute approximate surface area is 209 Å². The molecular formula is C24H28Cl2N4O2S. The van der Waals surface area contributed by atoms with Gasteiger partial charge in [0.25, 0.3) is 0 Å². The van der Waals surface area contributed by atoms with Crippen molar-refractivity contribution in [2.45, 2.75) is 58.3 Å². The number of rotatable bonds is 10. The number of carbonyl (C=O) groups excluding carboxylic acids is 1. The summed E-state index contributed by atoms with van der Waals surface area (Å²) in [6, 6.07) is 11.2. The van der Waals surface area contributed by atoms with E-state index in [9.17, 15) is 4.79 Å². The highest BCUT2D eigenvalue weighted by atomic mass is 35.5. The van der Waals surface area contributed by atoms with Crippen molar-refractivity contribution in [3.05, 3.63) is 63.4 Å². The molecule has 0 radical (unpaired) electrons. The number of aromatic nitrogens is 3. The third-order valence-electron chi connectivity index (χ3n) is 5.22. The summed E-state index contributed by atoms with van der Waals surface area (Å²) in [4.78, 5) is 12.7. The topological polar surface area (TPSA) is 69.0 Å². The maximum Gasteiger partial charge on any atom is 0.234 e. The normalized spacial score (nSPS) is 11.9. The third kappa shape index (κ3) is 6.22. The van der Waals surface area contributed by atoms with E-state index in [0.717, 1.165) is 29.7 Å². The van der Waals surface area contributed by atoms with Crippen molar-refractivity contribution < 1.29 is 9.53 Å². The van der Waals surface area contributed by atoms with Gasteiger partial charge in [-0.3, -0.25) is 4.79 Å². The Hall–Kier alpha value is -2.22. The Balaban J connectivity index is 1.69. The number of ether oxygens (including phenoxy) is 1. The second kappa shape index (κ2) is 11.8. The number of hydrogen-bond donors (Lipinski definition) is 1. The predicted molar refractivity (Wildman–Crippen MR) is 136 cm³/mol. The van der Waals surface area contributed by atoms with Gasteiger partial charge >= 0.3 is 0 Å². The largest absolute Gasteiger partial charge is 0.481 e. The molecule has 1 unspecified atom stereocenters. The van der Waals surface area contributed by atoms with Crippen molar-refractivity contribution in [3.8, 4) is 5.75 Å². The number of nitrogens with one attached hydrogen (secondary N) is 1. The number of nitrogens with zero attached hydrogens (tertiary/aromatic N) is 3. The van der Waals surface area contributed by atoms with Crippen LogP contribution in [0, 0.1) is 0 Å². The summed E-state index contributed by atoms with van der Waals surface area (Å²) < 4.78 is 7.94. The first-order chi connectivity index (χ1) is 15.9. The Morgan fingerprint density at radius 3 is 2.45 bits per heavy atom. The number of anilines is 1. The lowest BCUT2D eigenvalue weighted by Crippen LogP contribution is -2.17. The molecule has 1 aromatic heterocycles. The molecule has 1 N–H and O–H groups in total. The zero-order chi connectivity index (χ0) is 24.0. The van der Waals surface area contributed by atoms with E-state index in [0.29, 0.717) is 33.3 Å². The van der Waals surface area contributed by atoms with Gasteiger partial charge in [0.2, 0.25) is 5.91 Å². The van der Waals surface area contributed by atoms with Crippen LogP contribution in [0.25, 0.3) is 0 Å². The van der Waals surface area contributed by atoms with Crippen LogP contribution in [0.2, 0.25) is 10.0 Å². The number of para-hydroxylation sites is 1. The summed E-state index contributed by atoms with van der Waals surface area (Å²) in [6.45, 7) is 8.69. The van der Waals surface area contributed by atoms with E-state index in [4.69, 9.17) is 27.9 Å². The summed E-state index contributed by atoms with van der Waals surface area (Å²) in [6.07, 6.45) is 1.32. The lowest BCUT2D eigenvalue weighted by Gasteiger charge is -2.17. The summed E-state index contributed by atoms with van der Waals surface area (Å²) in [5.41, 5.74) is 3.20. The number of halogens is 2. The maximum atomic E-state index is 12.7.